The number of anilines is 1. The standard InChI is InChI=1S/C19H18N4/c1-12-9-15(20)4-5-16(12)13-3-6-17-14(10-13)11-18(22-17)19-7-8-21-23(19)2/h3-11,22H,20H2,1-2H3. The highest BCUT2D eigenvalue weighted by molar-refractivity contribution is 5.89. The molecule has 0 amide bonds. The predicted octanol–water partition coefficient (Wildman–Crippen LogP) is 4.13. The number of H-pyrrole nitrogens is 1. The van der Waals surface area contributed by atoms with Crippen molar-refractivity contribution in [3.63, 3.8) is 0 Å². The van der Waals surface area contributed by atoms with E-state index in [9.17, 15) is 0 Å². The number of aryl methyl sites for hydroxylation is 2. The minimum Gasteiger partial charge on any atom is -0.399 e. The Balaban J connectivity index is 1.83. The van der Waals surface area contributed by atoms with Crippen molar-refractivity contribution >= 4 is 16.6 Å². The number of nitrogens with one attached hydrogen (secondary N) is 1. The van der Waals surface area contributed by atoms with Crippen LogP contribution in [0.4, 0.5) is 5.69 Å². The lowest BCUT2D eigenvalue weighted by Crippen LogP contribution is -1.92. The molecule has 3 N–H and O–H groups in total. The molecule has 2 aromatic carbocycles. The molecular formula is C19H18N4. The Morgan fingerprint density at radius 1 is 1.04 bits per heavy atom. The van der Waals surface area contributed by atoms with Crippen LogP contribution in [0.25, 0.3) is 33.4 Å². The molecule has 4 rings (SSSR count). The molecule has 114 valence electrons. The van der Waals surface area contributed by atoms with Gasteiger partial charge in [0.25, 0.3) is 0 Å². The van der Waals surface area contributed by atoms with Crippen LogP contribution in [0.15, 0.2) is 54.7 Å². The summed E-state index contributed by atoms with van der Waals surface area (Å²) in [5.41, 5.74) is 13.5. The van der Waals surface area contributed by atoms with E-state index in [4.69, 9.17) is 5.73 Å². The van der Waals surface area contributed by atoms with Crippen molar-refractivity contribution in [2.75, 3.05) is 5.73 Å². The van der Waals surface area contributed by atoms with Crippen LogP contribution >= 0.6 is 0 Å². The van der Waals surface area contributed by atoms with Crippen molar-refractivity contribution in [1.29, 1.82) is 0 Å². The van der Waals surface area contributed by atoms with E-state index >= 15 is 0 Å². The van der Waals surface area contributed by atoms with Crippen molar-refractivity contribution in [3.8, 4) is 22.5 Å². The Hall–Kier alpha value is -3.01. The van der Waals surface area contributed by atoms with E-state index in [0.717, 1.165) is 22.6 Å². The Bertz CT molecular complexity index is 1010. The second-order valence-corrected chi connectivity index (χ2v) is 5.90. The first-order valence-electron chi connectivity index (χ1n) is 7.59. The van der Waals surface area contributed by atoms with Gasteiger partial charge < -0.3 is 10.7 Å². The Labute approximate surface area is 134 Å². The molecule has 0 spiro atoms. The third-order valence-corrected chi connectivity index (χ3v) is 4.28. The summed E-state index contributed by atoms with van der Waals surface area (Å²) in [4.78, 5) is 3.46. The minimum absolute atomic E-state index is 0.799. The molecule has 0 aliphatic heterocycles. The van der Waals surface area contributed by atoms with Gasteiger partial charge in [-0.05, 0) is 60.0 Å². The Kier molecular flexibility index (Phi) is 2.98. The van der Waals surface area contributed by atoms with Crippen LogP contribution in [0.1, 0.15) is 5.56 Å². The van der Waals surface area contributed by atoms with E-state index in [0.29, 0.717) is 0 Å². The average molecular weight is 302 g/mol. The summed E-state index contributed by atoms with van der Waals surface area (Å²) in [6.45, 7) is 2.09. The lowest BCUT2D eigenvalue weighted by atomic mass is 9.99. The molecule has 4 heteroatoms. The minimum atomic E-state index is 0.799. The molecule has 23 heavy (non-hydrogen) atoms. The Morgan fingerprint density at radius 3 is 2.65 bits per heavy atom. The maximum Gasteiger partial charge on any atom is 0.0841 e. The SMILES string of the molecule is Cc1cc(N)ccc1-c1ccc2[nH]c(-c3ccnn3C)cc2c1. The van der Waals surface area contributed by atoms with Crippen LogP contribution in [-0.4, -0.2) is 14.8 Å². The number of hydrogen-bond acceptors (Lipinski definition) is 2. The molecule has 0 radical (unpaired) electrons. The normalized spacial score (nSPS) is 11.2. The van der Waals surface area contributed by atoms with Gasteiger partial charge in [0.1, 0.15) is 0 Å². The summed E-state index contributed by atoms with van der Waals surface area (Å²) in [6.07, 6.45) is 1.81. The van der Waals surface area contributed by atoms with Crippen LogP contribution in [0.5, 0.6) is 0 Å². The fourth-order valence-corrected chi connectivity index (χ4v) is 3.09. The summed E-state index contributed by atoms with van der Waals surface area (Å²) in [5, 5.41) is 5.42. The topological polar surface area (TPSA) is 59.6 Å². The van der Waals surface area contributed by atoms with Crippen LogP contribution in [0, 0.1) is 6.92 Å². The molecule has 0 aliphatic carbocycles. The molecular weight excluding hydrogens is 284 g/mol. The first kappa shape index (κ1) is 13.6. The number of hydrogen-bond donors (Lipinski definition) is 2. The molecule has 0 unspecified atom stereocenters. The summed E-state index contributed by atoms with van der Waals surface area (Å²) in [7, 11) is 1.95. The van der Waals surface area contributed by atoms with E-state index in [1.54, 1.807) is 0 Å². The zero-order valence-corrected chi connectivity index (χ0v) is 13.2. The number of rotatable bonds is 2. The van der Waals surface area contributed by atoms with Gasteiger partial charge in [-0.15, -0.1) is 0 Å². The smallest absolute Gasteiger partial charge is 0.0841 e. The number of aromatic nitrogens is 3. The van der Waals surface area contributed by atoms with Crippen molar-refractivity contribution < 1.29 is 0 Å². The summed E-state index contributed by atoms with van der Waals surface area (Å²) in [6, 6.07) is 16.7. The average Bonchev–Trinajstić information content (AvgIpc) is 3.11. The zero-order chi connectivity index (χ0) is 16.0. The second kappa shape index (κ2) is 5.02. The quantitative estimate of drug-likeness (QED) is 0.547. The van der Waals surface area contributed by atoms with E-state index in [-0.39, 0.29) is 0 Å². The largest absolute Gasteiger partial charge is 0.399 e. The molecule has 4 aromatic rings. The van der Waals surface area contributed by atoms with Crippen molar-refractivity contribution in [1.82, 2.24) is 14.8 Å². The molecule has 0 saturated heterocycles. The third-order valence-electron chi connectivity index (χ3n) is 4.28. The maximum absolute atomic E-state index is 5.85. The molecule has 0 bridgehead atoms. The van der Waals surface area contributed by atoms with E-state index in [1.165, 1.54) is 22.1 Å². The van der Waals surface area contributed by atoms with Gasteiger partial charge in [0.15, 0.2) is 0 Å². The summed E-state index contributed by atoms with van der Waals surface area (Å²) in [5.74, 6) is 0. The van der Waals surface area contributed by atoms with Crippen LogP contribution in [0.2, 0.25) is 0 Å². The molecule has 2 heterocycles. The van der Waals surface area contributed by atoms with Crippen LogP contribution in [-0.2, 0) is 7.05 Å². The monoisotopic (exact) mass is 302 g/mol. The number of aromatic amines is 1. The number of nitrogens with two attached hydrogens (primary N) is 1. The maximum atomic E-state index is 5.85. The number of benzene rings is 2. The molecule has 4 nitrogen and oxygen atoms in total. The highest BCUT2D eigenvalue weighted by Gasteiger charge is 2.09. The highest BCUT2D eigenvalue weighted by atomic mass is 15.3. The van der Waals surface area contributed by atoms with Gasteiger partial charge in [-0.1, -0.05) is 12.1 Å². The first-order chi connectivity index (χ1) is 11.1. The third kappa shape index (κ3) is 2.28. The van der Waals surface area contributed by atoms with Crippen molar-refractivity contribution in [3.05, 3.63) is 60.3 Å². The van der Waals surface area contributed by atoms with E-state index in [1.807, 2.05) is 36.1 Å². The predicted molar refractivity (Wildman–Crippen MR) is 95.1 cm³/mol. The first-order valence-corrected chi connectivity index (χ1v) is 7.59. The molecule has 0 saturated carbocycles. The van der Waals surface area contributed by atoms with Gasteiger partial charge in [-0.3, -0.25) is 4.68 Å². The summed E-state index contributed by atoms with van der Waals surface area (Å²) >= 11 is 0. The van der Waals surface area contributed by atoms with Gasteiger partial charge in [0, 0.05) is 29.8 Å². The fourth-order valence-electron chi connectivity index (χ4n) is 3.09. The van der Waals surface area contributed by atoms with E-state index < -0.39 is 0 Å². The van der Waals surface area contributed by atoms with Gasteiger partial charge in [0.05, 0.1) is 11.4 Å². The lowest BCUT2D eigenvalue weighted by molar-refractivity contribution is 0.774. The number of nitrogens with zero attached hydrogens (tertiary/aromatic N) is 2. The summed E-state index contributed by atoms with van der Waals surface area (Å²) < 4.78 is 1.87. The van der Waals surface area contributed by atoms with Crippen molar-refractivity contribution in [2.45, 2.75) is 6.92 Å². The molecule has 0 fully saturated rings. The zero-order valence-electron chi connectivity index (χ0n) is 13.2. The second-order valence-electron chi connectivity index (χ2n) is 5.90. The van der Waals surface area contributed by atoms with Gasteiger partial charge >= 0.3 is 0 Å². The van der Waals surface area contributed by atoms with Crippen LogP contribution in [0.3, 0.4) is 0 Å². The molecule has 0 atom stereocenters. The molecule has 0 aliphatic rings. The number of nitrogen functional groups attached to an aromatic ring is 1. The Morgan fingerprint density at radius 2 is 1.91 bits per heavy atom. The highest BCUT2D eigenvalue weighted by Crippen LogP contribution is 2.30. The van der Waals surface area contributed by atoms with E-state index in [2.05, 4.69) is 47.3 Å². The number of fused-ring (bicyclic) bond motifs is 1. The van der Waals surface area contributed by atoms with Gasteiger partial charge in [-0.25, -0.2) is 0 Å². The molecule has 2 aromatic heterocycles. The van der Waals surface area contributed by atoms with Gasteiger partial charge in [-0.2, -0.15) is 5.10 Å². The lowest BCUT2D eigenvalue weighted by Gasteiger charge is -2.07. The fraction of sp³-hybridized carbons (Fsp3) is 0.105. The van der Waals surface area contributed by atoms with Crippen LogP contribution < -0.4 is 5.73 Å². The van der Waals surface area contributed by atoms with Crippen molar-refractivity contribution in [2.24, 2.45) is 7.05 Å². The van der Waals surface area contributed by atoms with Gasteiger partial charge in [0.2, 0.25) is 0 Å².